The maximum absolute atomic E-state index is 12.3. The number of carbonyl (C=O) groups is 3. The lowest BCUT2D eigenvalue weighted by molar-refractivity contribution is -0.115. The van der Waals surface area contributed by atoms with Gasteiger partial charge in [-0.25, -0.2) is 0 Å². The smallest absolute Gasteiger partial charge is 0.265 e. The zero-order valence-corrected chi connectivity index (χ0v) is 14.4. The summed E-state index contributed by atoms with van der Waals surface area (Å²) in [5.74, 6) is -1.01. The number of amides is 3. The Morgan fingerprint density at radius 3 is 2.37 bits per heavy atom. The van der Waals surface area contributed by atoms with Crippen LogP contribution in [0.25, 0.3) is 10.9 Å². The maximum Gasteiger partial charge on any atom is 0.265 e. The van der Waals surface area contributed by atoms with Crippen LogP contribution in [-0.4, -0.2) is 22.7 Å². The summed E-state index contributed by atoms with van der Waals surface area (Å²) in [4.78, 5) is 37.7. The van der Waals surface area contributed by atoms with Crippen LogP contribution < -0.4 is 16.4 Å². The molecule has 0 aliphatic heterocycles. The van der Waals surface area contributed by atoms with E-state index in [9.17, 15) is 14.4 Å². The molecule has 3 aromatic rings. The Bertz CT molecular complexity index is 1040. The molecule has 1 heterocycles. The number of carbonyl (C=O) groups excluding carboxylic acids is 3. The Labute approximate surface area is 155 Å². The Morgan fingerprint density at radius 1 is 1.00 bits per heavy atom. The van der Waals surface area contributed by atoms with Crippen molar-refractivity contribution in [2.75, 3.05) is 10.6 Å². The summed E-state index contributed by atoms with van der Waals surface area (Å²) in [6.07, 6.45) is 1.38. The lowest BCUT2D eigenvalue weighted by Gasteiger charge is -2.07. The van der Waals surface area contributed by atoms with Gasteiger partial charge in [-0.15, -0.1) is 0 Å². The van der Waals surface area contributed by atoms with Crippen molar-refractivity contribution in [1.29, 1.82) is 0 Å². The first-order chi connectivity index (χ1) is 12.9. The lowest BCUT2D eigenvalue weighted by atomic mass is 10.1. The summed E-state index contributed by atoms with van der Waals surface area (Å²) in [5, 5.41) is 6.25. The molecule has 0 bridgehead atoms. The van der Waals surface area contributed by atoms with Gasteiger partial charge in [-0.05, 0) is 48.0 Å². The molecule has 0 saturated carbocycles. The summed E-state index contributed by atoms with van der Waals surface area (Å²) in [6.45, 7) is 3.39. The van der Waals surface area contributed by atoms with E-state index < -0.39 is 5.91 Å². The molecule has 0 unspecified atom stereocenters. The van der Waals surface area contributed by atoms with Crippen molar-refractivity contribution in [1.82, 2.24) is 4.98 Å². The summed E-state index contributed by atoms with van der Waals surface area (Å²) in [5.41, 5.74) is 8.40. The molecule has 7 nitrogen and oxygen atoms in total. The van der Waals surface area contributed by atoms with Crippen molar-refractivity contribution in [3.8, 4) is 0 Å². The molecule has 2 aromatic carbocycles. The average Bonchev–Trinajstić information content (AvgIpc) is 3.07. The molecule has 3 rings (SSSR count). The van der Waals surface area contributed by atoms with Crippen molar-refractivity contribution in [2.24, 2.45) is 5.73 Å². The minimum Gasteiger partial charge on any atom is -0.364 e. The second kappa shape index (κ2) is 7.57. The van der Waals surface area contributed by atoms with Gasteiger partial charge in [0.15, 0.2) is 0 Å². The van der Waals surface area contributed by atoms with Gasteiger partial charge in [0, 0.05) is 22.3 Å². The van der Waals surface area contributed by atoms with E-state index in [2.05, 4.69) is 22.2 Å². The van der Waals surface area contributed by atoms with Gasteiger partial charge >= 0.3 is 0 Å². The number of hydrogen-bond acceptors (Lipinski definition) is 3. The van der Waals surface area contributed by atoms with Crippen LogP contribution in [-0.2, 0) is 16.0 Å². The van der Waals surface area contributed by atoms with E-state index in [4.69, 9.17) is 5.73 Å². The number of nitrogens with one attached hydrogen (secondary N) is 3. The standard InChI is InChI=1S/C20H18N4O3/c1-2-18(25)22-14-5-3-12(4-6-14)9-19(26)23-15-7-8-16-13(10-15)11-17(24-16)20(21)27/h2-8,10-11,24H,1,9H2,(H2,21,27)(H,22,25)(H,23,26). The maximum atomic E-state index is 12.3. The van der Waals surface area contributed by atoms with Crippen LogP contribution in [0.5, 0.6) is 0 Å². The highest BCUT2D eigenvalue weighted by molar-refractivity contribution is 6.00. The summed E-state index contributed by atoms with van der Waals surface area (Å²) >= 11 is 0. The first kappa shape index (κ1) is 17.9. The third-order valence-electron chi connectivity index (χ3n) is 3.94. The van der Waals surface area contributed by atoms with Crippen molar-refractivity contribution in [3.63, 3.8) is 0 Å². The van der Waals surface area contributed by atoms with E-state index in [1.54, 1.807) is 48.5 Å². The molecule has 3 amide bonds. The topological polar surface area (TPSA) is 117 Å². The number of benzene rings is 2. The minimum atomic E-state index is -0.537. The third-order valence-corrected chi connectivity index (χ3v) is 3.94. The summed E-state index contributed by atoms with van der Waals surface area (Å²) in [6, 6.07) is 13.9. The number of aromatic nitrogens is 1. The number of primary amides is 1. The first-order valence-electron chi connectivity index (χ1n) is 8.19. The normalized spacial score (nSPS) is 10.4. The molecule has 0 saturated heterocycles. The number of fused-ring (bicyclic) bond motifs is 1. The molecule has 0 fully saturated rings. The van der Waals surface area contributed by atoms with E-state index in [-0.39, 0.29) is 18.2 Å². The van der Waals surface area contributed by atoms with E-state index in [0.717, 1.165) is 16.5 Å². The van der Waals surface area contributed by atoms with Gasteiger partial charge in [0.25, 0.3) is 5.91 Å². The van der Waals surface area contributed by atoms with Crippen LogP contribution in [0.1, 0.15) is 16.1 Å². The fourth-order valence-corrected chi connectivity index (χ4v) is 2.63. The summed E-state index contributed by atoms with van der Waals surface area (Å²) < 4.78 is 0. The van der Waals surface area contributed by atoms with E-state index >= 15 is 0 Å². The number of hydrogen-bond donors (Lipinski definition) is 4. The van der Waals surface area contributed by atoms with Crippen LogP contribution >= 0.6 is 0 Å². The van der Waals surface area contributed by atoms with Crippen LogP contribution in [0.15, 0.2) is 61.2 Å². The molecule has 0 aliphatic carbocycles. The predicted octanol–water partition coefficient (Wildman–Crippen LogP) is 2.57. The SMILES string of the molecule is C=CC(=O)Nc1ccc(CC(=O)Nc2ccc3[nH]c(C(N)=O)cc3c2)cc1. The lowest BCUT2D eigenvalue weighted by Crippen LogP contribution is -2.14. The number of nitrogens with two attached hydrogens (primary N) is 1. The second-order valence-electron chi connectivity index (χ2n) is 5.96. The van der Waals surface area contributed by atoms with Crippen molar-refractivity contribution < 1.29 is 14.4 Å². The third kappa shape index (κ3) is 4.40. The minimum absolute atomic E-state index is 0.178. The average molecular weight is 362 g/mol. The Hall–Kier alpha value is -3.87. The van der Waals surface area contributed by atoms with E-state index in [1.165, 1.54) is 6.08 Å². The molecular weight excluding hydrogens is 344 g/mol. The van der Waals surface area contributed by atoms with Gasteiger partial charge in [0.05, 0.1) is 6.42 Å². The van der Waals surface area contributed by atoms with Gasteiger partial charge in [-0.2, -0.15) is 0 Å². The summed E-state index contributed by atoms with van der Waals surface area (Å²) in [7, 11) is 0. The van der Waals surface area contributed by atoms with Crippen LogP contribution in [0.2, 0.25) is 0 Å². The fraction of sp³-hybridized carbons (Fsp3) is 0.0500. The predicted molar refractivity (Wildman–Crippen MR) is 104 cm³/mol. The van der Waals surface area contributed by atoms with Gasteiger partial charge in [0.1, 0.15) is 5.69 Å². The van der Waals surface area contributed by atoms with Crippen molar-refractivity contribution in [3.05, 3.63) is 72.4 Å². The number of rotatable bonds is 6. The molecule has 0 atom stereocenters. The number of H-pyrrole nitrogens is 1. The van der Waals surface area contributed by atoms with Gasteiger partial charge in [-0.1, -0.05) is 18.7 Å². The van der Waals surface area contributed by atoms with Gasteiger partial charge in [-0.3, -0.25) is 14.4 Å². The highest BCUT2D eigenvalue weighted by Crippen LogP contribution is 2.20. The Kier molecular flexibility index (Phi) is 5.03. The zero-order chi connectivity index (χ0) is 19.4. The highest BCUT2D eigenvalue weighted by Gasteiger charge is 2.08. The molecule has 7 heteroatoms. The first-order valence-corrected chi connectivity index (χ1v) is 8.19. The molecule has 136 valence electrons. The van der Waals surface area contributed by atoms with E-state index in [0.29, 0.717) is 17.1 Å². The highest BCUT2D eigenvalue weighted by atomic mass is 16.2. The van der Waals surface area contributed by atoms with Crippen LogP contribution in [0.4, 0.5) is 11.4 Å². The zero-order valence-electron chi connectivity index (χ0n) is 14.4. The molecule has 0 radical (unpaired) electrons. The largest absolute Gasteiger partial charge is 0.364 e. The second-order valence-corrected chi connectivity index (χ2v) is 5.96. The molecule has 0 spiro atoms. The monoisotopic (exact) mass is 362 g/mol. The molecule has 0 aliphatic rings. The molecule has 1 aromatic heterocycles. The van der Waals surface area contributed by atoms with Crippen molar-refractivity contribution >= 4 is 40.0 Å². The quantitative estimate of drug-likeness (QED) is 0.505. The fourth-order valence-electron chi connectivity index (χ4n) is 2.63. The van der Waals surface area contributed by atoms with Crippen molar-refractivity contribution in [2.45, 2.75) is 6.42 Å². The van der Waals surface area contributed by atoms with E-state index in [1.807, 2.05) is 0 Å². The van der Waals surface area contributed by atoms with Crippen LogP contribution in [0, 0.1) is 0 Å². The Balaban J connectivity index is 1.65. The molecule has 27 heavy (non-hydrogen) atoms. The molecule has 5 N–H and O–H groups in total. The number of anilines is 2. The molecular formula is C20H18N4O3. The number of aromatic amines is 1. The van der Waals surface area contributed by atoms with Gasteiger partial charge < -0.3 is 21.4 Å². The Morgan fingerprint density at radius 2 is 1.70 bits per heavy atom. The van der Waals surface area contributed by atoms with Crippen LogP contribution in [0.3, 0.4) is 0 Å². The van der Waals surface area contributed by atoms with Gasteiger partial charge in [0.2, 0.25) is 11.8 Å².